The normalized spacial score (nSPS) is 22.9. The Labute approximate surface area is 122 Å². The first-order valence-electron chi connectivity index (χ1n) is 7.69. The summed E-state index contributed by atoms with van der Waals surface area (Å²) in [5.74, 6) is 2.24. The largest absolute Gasteiger partial charge is 0.493 e. The molecular weight excluding hydrogens is 250 g/mol. The number of rotatable bonds is 5. The highest BCUT2D eigenvalue weighted by molar-refractivity contribution is 5.43. The van der Waals surface area contributed by atoms with Crippen molar-refractivity contribution in [1.82, 2.24) is 0 Å². The highest BCUT2D eigenvalue weighted by Gasteiger charge is 2.22. The first-order valence-corrected chi connectivity index (χ1v) is 7.69. The van der Waals surface area contributed by atoms with E-state index in [0.29, 0.717) is 12.0 Å². The second-order valence-electron chi connectivity index (χ2n) is 6.06. The van der Waals surface area contributed by atoms with E-state index in [-0.39, 0.29) is 6.10 Å². The van der Waals surface area contributed by atoms with Crippen LogP contribution in [0.15, 0.2) is 18.2 Å². The van der Waals surface area contributed by atoms with Crippen molar-refractivity contribution < 1.29 is 9.47 Å². The lowest BCUT2D eigenvalue weighted by atomic mass is 9.81. The zero-order valence-corrected chi connectivity index (χ0v) is 12.9. The molecule has 0 spiro atoms. The molecule has 0 aromatic heterocycles. The van der Waals surface area contributed by atoms with Crippen LogP contribution >= 0.6 is 0 Å². The molecule has 0 aliphatic heterocycles. The molecule has 0 bridgehead atoms. The summed E-state index contributed by atoms with van der Waals surface area (Å²) >= 11 is 0. The van der Waals surface area contributed by atoms with Crippen molar-refractivity contribution >= 4 is 0 Å². The molecule has 1 fully saturated rings. The minimum atomic E-state index is 0.154. The topological polar surface area (TPSA) is 44.5 Å². The van der Waals surface area contributed by atoms with Crippen LogP contribution in [0.1, 0.15) is 45.1 Å². The molecule has 0 heterocycles. The molecule has 0 radical (unpaired) electrons. The summed E-state index contributed by atoms with van der Waals surface area (Å²) in [5.41, 5.74) is 7.53. The summed E-state index contributed by atoms with van der Waals surface area (Å²) in [7, 11) is 1.69. The lowest BCUT2D eigenvalue weighted by molar-refractivity contribution is 0.230. The van der Waals surface area contributed by atoms with Gasteiger partial charge in [-0.05, 0) is 56.7 Å². The van der Waals surface area contributed by atoms with E-state index in [9.17, 15) is 0 Å². The van der Waals surface area contributed by atoms with E-state index >= 15 is 0 Å². The third kappa shape index (κ3) is 3.89. The van der Waals surface area contributed by atoms with Gasteiger partial charge in [-0.3, -0.25) is 0 Å². The number of nitrogens with two attached hydrogens (primary N) is 1. The van der Waals surface area contributed by atoms with E-state index in [4.69, 9.17) is 15.2 Å². The minimum Gasteiger partial charge on any atom is -0.493 e. The van der Waals surface area contributed by atoms with Gasteiger partial charge in [-0.2, -0.15) is 0 Å². The zero-order valence-electron chi connectivity index (χ0n) is 12.9. The molecule has 1 aromatic carbocycles. The maximum atomic E-state index is 6.24. The molecule has 1 aliphatic rings. The maximum absolute atomic E-state index is 6.24. The summed E-state index contributed by atoms with van der Waals surface area (Å²) in [4.78, 5) is 0. The Kier molecular flexibility index (Phi) is 5.30. The Morgan fingerprint density at radius 3 is 2.60 bits per heavy atom. The molecule has 3 heteroatoms. The van der Waals surface area contributed by atoms with Gasteiger partial charge in [0.25, 0.3) is 0 Å². The molecule has 2 N–H and O–H groups in total. The van der Waals surface area contributed by atoms with Crippen molar-refractivity contribution in [2.75, 3.05) is 7.11 Å². The predicted octanol–water partition coefficient (Wildman–Crippen LogP) is 3.54. The number of hydrogen-bond donors (Lipinski definition) is 1. The fraction of sp³-hybridized carbons (Fsp3) is 0.647. The van der Waals surface area contributed by atoms with Crippen LogP contribution in [0.5, 0.6) is 11.5 Å². The molecule has 2 unspecified atom stereocenters. The third-order valence-electron chi connectivity index (χ3n) is 4.06. The Balaban J connectivity index is 2.08. The summed E-state index contributed by atoms with van der Waals surface area (Å²) in [6.07, 6.45) is 6.19. The van der Waals surface area contributed by atoms with Gasteiger partial charge < -0.3 is 15.2 Å². The molecular formula is C17H27NO2. The lowest BCUT2D eigenvalue weighted by Crippen LogP contribution is -2.34. The minimum absolute atomic E-state index is 0.154. The molecule has 2 rings (SSSR count). The first-order chi connectivity index (χ1) is 9.60. The molecule has 3 nitrogen and oxygen atoms in total. The van der Waals surface area contributed by atoms with E-state index in [1.807, 2.05) is 19.9 Å². The van der Waals surface area contributed by atoms with Crippen molar-refractivity contribution in [3.8, 4) is 11.5 Å². The quantitative estimate of drug-likeness (QED) is 0.895. The average Bonchev–Trinajstić information content (AvgIpc) is 2.42. The van der Waals surface area contributed by atoms with Gasteiger partial charge >= 0.3 is 0 Å². The molecule has 1 aliphatic carbocycles. The van der Waals surface area contributed by atoms with Gasteiger partial charge in [0.15, 0.2) is 11.5 Å². The van der Waals surface area contributed by atoms with Crippen LogP contribution in [-0.4, -0.2) is 19.3 Å². The SMILES string of the molecule is COc1cc(CC2CCCCC2N)ccc1OC(C)C. The van der Waals surface area contributed by atoms with Crippen molar-refractivity contribution in [3.63, 3.8) is 0 Å². The maximum Gasteiger partial charge on any atom is 0.161 e. The van der Waals surface area contributed by atoms with E-state index in [1.54, 1.807) is 7.11 Å². The second kappa shape index (κ2) is 6.98. The smallest absolute Gasteiger partial charge is 0.161 e. The molecule has 2 atom stereocenters. The first kappa shape index (κ1) is 15.2. The number of benzene rings is 1. The van der Waals surface area contributed by atoms with Gasteiger partial charge in [-0.25, -0.2) is 0 Å². The van der Waals surface area contributed by atoms with E-state index in [1.165, 1.54) is 24.8 Å². The van der Waals surface area contributed by atoms with Crippen molar-refractivity contribution in [1.29, 1.82) is 0 Å². The molecule has 0 saturated heterocycles. The van der Waals surface area contributed by atoms with Crippen molar-refractivity contribution in [3.05, 3.63) is 23.8 Å². The summed E-state index contributed by atoms with van der Waals surface area (Å²) in [6, 6.07) is 6.60. The highest BCUT2D eigenvalue weighted by atomic mass is 16.5. The van der Waals surface area contributed by atoms with E-state index in [0.717, 1.165) is 24.3 Å². The highest BCUT2D eigenvalue weighted by Crippen LogP contribution is 2.32. The van der Waals surface area contributed by atoms with Gasteiger partial charge in [0.1, 0.15) is 0 Å². The number of hydrogen-bond acceptors (Lipinski definition) is 3. The van der Waals surface area contributed by atoms with Crippen LogP contribution in [0, 0.1) is 5.92 Å². The van der Waals surface area contributed by atoms with Crippen LogP contribution < -0.4 is 15.2 Å². The fourth-order valence-electron chi connectivity index (χ4n) is 2.98. The summed E-state index contributed by atoms with van der Waals surface area (Å²) < 4.78 is 11.2. The molecule has 1 saturated carbocycles. The molecule has 1 aromatic rings. The van der Waals surface area contributed by atoms with E-state index in [2.05, 4.69) is 12.1 Å². The summed E-state index contributed by atoms with van der Waals surface area (Å²) in [6.45, 7) is 4.04. The standard InChI is InChI=1S/C17H27NO2/c1-12(2)20-16-9-8-13(11-17(16)19-3)10-14-6-4-5-7-15(14)18/h8-9,11-12,14-15H,4-7,10,18H2,1-3H3. The zero-order chi connectivity index (χ0) is 14.5. The van der Waals surface area contributed by atoms with Gasteiger partial charge in [0.2, 0.25) is 0 Å². The van der Waals surface area contributed by atoms with Crippen LogP contribution in [-0.2, 0) is 6.42 Å². The lowest BCUT2D eigenvalue weighted by Gasteiger charge is -2.28. The van der Waals surface area contributed by atoms with Gasteiger partial charge in [0, 0.05) is 6.04 Å². The number of ether oxygens (including phenoxy) is 2. The predicted molar refractivity (Wildman–Crippen MR) is 82.4 cm³/mol. The van der Waals surface area contributed by atoms with Gasteiger partial charge in [0.05, 0.1) is 13.2 Å². The second-order valence-corrected chi connectivity index (χ2v) is 6.06. The summed E-state index contributed by atoms with van der Waals surface area (Å²) in [5, 5.41) is 0. The number of methoxy groups -OCH3 is 1. The molecule has 20 heavy (non-hydrogen) atoms. The van der Waals surface area contributed by atoms with E-state index < -0.39 is 0 Å². The van der Waals surface area contributed by atoms with Crippen LogP contribution in [0.2, 0.25) is 0 Å². The Bertz CT molecular complexity index is 431. The van der Waals surface area contributed by atoms with Gasteiger partial charge in [-0.15, -0.1) is 0 Å². The fourth-order valence-corrected chi connectivity index (χ4v) is 2.98. The molecule has 112 valence electrons. The Morgan fingerprint density at radius 1 is 1.20 bits per heavy atom. The molecule has 0 amide bonds. The monoisotopic (exact) mass is 277 g/mol. The van der Waals surface area contributed by atoms with Crippen LogP contribution in [0.25, 0.3) is 0 Å². The van der Waals surface area contributed by atoms with Gasteiger partial charge in [-0.1, -0.05) is 18.9 Å². The van der Waals surface area contributed by atoms with Crippen LogP contribution in [0.3, 0.4) is 0 Å². The average molecular weight is 277 g/mol. The third-order valence-corrected chi connectivity index (χ3v) is 4.06. The van der Waals surface area contributed by atoms with Crippen LogP contribution in [0.4, 0.5) is 0 Å². The Hall–Kier alpha value is -1.22. The Morgan fingerprint density at radius 2 is 1.95 bits per heavy atom. The van der Waals surface area contributed by atoms with Crippen molar-refractivity contribution in [2.24, 2.45) is 11.7 Å². The van der Waals surface area contributed by atoms with Crippen molar-refractivity contribution in [2.45, 2.75) is 58.1 Å².